The fraction of sp³-hybridized carbons (Fsp3) is 0.696. The van der Waals surface area contributed by atoms with Gasteiger partial charge in [0.1, 0.15) is 5.75 Å². The molecule has 0 aromatic heterocycles. The van der Waals surface area contributed by atoms with E-state index in [0.717, 1.165) is 69.5 Å². The van der Waals surface area contributed by atoms with E-state index in [1.54, 1.807) is 14.2 Å². The van der Waals surface area contributed by atoms with E-state index in [1.165, 1.54) is 0 Å². The molecule has 1 aliphatic carbocycles. The first kappa shape index (κ1) is 20.6. The number of hydrogen-bond donors (Lipinski definition) is 0. The van der Waals surface area contributed by atoms with Crippen LogP contribution in [0.4, 0.5) is 0 Å². The lowest BCUT2D eigenvalue weighted by Crippen LogP contribution is -2.53. The predicted octanol–water partition coefficient (Wildman–Crippen LogP) is 2.93. The number of nitrogens with zero attached hydrogens (tertiary/aromatic N) is 1. The van der Waals surface area contributed by atoms with Crippen LogP contribution < -0.4 is 4.74 Å². The highest BCUT2D eigenvalue weighted by molar-refractivity contribution is 5.91. The van der Waals surface area contributed by atoms with Crippen molar-refractivity contribution in [1.29, 1.82) is 0 Å². The van der Waals surface area contributed by atoms with Gasteiger partial charge in [-0.3, -0.25) is 4.79 Å². The number of hydrogen-bond acceptors (Lipinski definition) is 5. The van der Waals surface area contributed by atoms with Crippen LogP contribution in [-0.4, -0.2) is 69.6 Å². The fourth-order valence-electron chi connectivity index (χ4n) is 4.85. The first-order valence-corrected chi connectivity index (χ1v) is 10.8. The van der Waals surface area contributed by atoms with Crippen LogP contribution in [-0.2, 0) is 24.4 Å². The summed E-state index contributed by atoms with van der Waals surface area (Å²) in [6.07, 6.45) is 5.74. The standard InChI is InChI=1S/C23H33NO5/c1-26-15-16-28-20-7-14-29-22(17-20)10-12-24(13-11-22)21(25)23(8-9-23)18-3-5-19(27-2)6-4-18/h3-6,20H,7-17H2,1-2H3. The molecule has 0 N–H and O–H groups in total. The molecule has 2 heterocycles. The molecule has 1 unspecified atom stereocenters. The Balaban J connectivity index is 1.35. The zero-order valence-electron chi connectivity index (χ0n) is 17.7. The van der Waals surface area contributed by atoms with Crippen molar-refractivity contribution in [2.75, 3.05) is 47.1 Å². The number of likely N-dealkylation sites (tertiary alicyclic amines) is 1. The van der Waals surface area contributed by atoms with Gasteiger partial charge >= 0.3 is 0 Å². The van der Waals surface area contributed by atoms with Gasteiger partial charge < -0.3 is 23.8 Å². The molecule has 2 aliphatic heterocycles. The van der Waals surface area contributed by atoms with Crippen LogP contribution in [0.2, 0.25) is 0 Å². The Kier molecular flexibility index (Phi) is 6.13. The van der Waals surface area contributed by atoms with Crippen LogP contribution in [0.25, 0.3) is 0 Å². The number of amides is 1. The fourth-order valence-corrected chi connectivity index (χ4v) is 4.85. The van der Waals surface area contributed by atoms with Crippen LogP contribution in [0.5, 0.6) is 5.75 Å². The van der Waals surface area contributed by atoms with Crippen molar-refractivity contribution in [2.24, 2.45) is 0 Å². The van der Waals surface area contributed by atoms with Gasteiger partial charge in [0, 0.05) is 33.2 Å². The van der Waals surface area contributed by atoms with E-state index in [9.17, 15) is 4.79 Å². The second-order valence-electron chi connectivity index (χ2n) is 8.61. The van der Waals surface area contributed by atoms with E-state index in [1.807, 2.05) is 24.3 Å². The minimum Gasteiger partial charge on any atom is -0.497 e. The van der Waals surface area contributed by atoms with E-state index < -0.39 is 0 Å². The summed E-state index contributed by atoms with van der Waals surface area (Å²) >= 11 is 0. The van der Waals surface area contributed by atoms with Gasteiger partial charge in [0.05, 0.1) is 37.4 Å². The van der Waals surface area contributed by atoms with E-state index >= 15 is 0 Å². The Labute approximate surface area is 173 Å². The molecule has 1 atom stereocenters. The van der Waals surface area contributed by atoms with Gasteiger partial charge in [-0.15, -0.1) is 0 Å². The third-order valence-corrected chi connectivity index (χ3v) is 6.85. The smallest absolute Gasteiger partial charge is 0.233 e. The summed E-state index contributed by atoms with van der Waals surface area (Å²) in [5, 5.41) is 0. The lowest BCUT2D eigenvalue weighted by Gasteiger charge is -2.46. The zero-order valence-corrected chi connectivity index (χ0v) is 17.7. The first-order chi connectivity index (χ1) is 14.1. The molecular formula is C23H33NO5. The summed E-state index contributed by atoms with van der Waals surface area (Å²) in [4.78, 5) is 15.4. The predicted molar refractivity (Wildman–Crippen MR) is 109 cm³/mol. The lowest BCUT2D eigenvalue weighted by atomic mass is 9.82. The number of carbonyl (C=O) groups is 1. The number of piperidine rings is 1. The molecule has 160 valence electrons. The molecule has 1 saturated carbocycles. The average molecular weight is 404 g/mol. The summed E-state index contributed by atoms with van der Waals surface area (Å²) in [6.45, 7) is 3.52. The second-order valence-corrected chi connectivity index (χ2v) is 8.61. The summed E-state index contributed by atoms with van der Waals surface area (Å²) in [7, 11) is 3.36. The summed E-state index contributed by atoms with van der Waals surface area (Å²) in [6, 6.07) is 7.99. The van der Waals surface area contributed by atoms with Crippen molar-refractivity contribution in [3.05, 3.63) is 29.8 Å². The molecule has 1 spiro atoms. The molecule has 1 aromatic rings. The van der Waals surface area contributed by atoms with Gasteiger partial charge in [-0.25, -0.2) is 0 Å². The minimum absolute atomic E-state index is 0.135. The summed E-state index contributed by atoms with van der Waals surface area (Å²) < 4.78 is 22.5. The number of rotatable bonds is 7. The molecule has 6 heteroatoms. The Bertz CT molecular complexity index is 692. The van der Waals surface area contributed by atoms with Crippen molar-refractivity contribution >= 4 is 5.91 Å². The first-order valence-electron chi connectivity index (χ1n) is 10.8. The third-order valence-electron chi connectivity index (χ3n) is 6.85. The molecule has 0 bridgehead atoms. The van der Waals surface area contributed by atoms with E-state index in [0.29, 0.717) is 13.2 Å². The van der Waals surface area contributed by atoms with Crippen LogP contribution in [0, 0.1) is 0 Å². The zero-order chi connectivity index (χ0) is 20.3. The van der Waals surface area contributed by atoms with Crippen molar-refractivity contribution in [3.63, 3.8) is 0 Å². The van der Waals surface area contributed by atoms with Crippen LogP contribution in [0.15, 0.2) is 24.3 Å². The topological polar surface area (TPSA) is 57.2 Å². The quantitative estimate of drug-likeness (QED) is 0.655. The van der Waals surface area contributed by atoms with Gasteiger partial charge in [0.15, 0.2) is 0 Å². The maximum atomic E-state index is 13.4. The van der Waals surface area contributed by atoms with Crippen molar-refractivity contribution < 1.29 is 23.7 Å². The third kappa shape index (κ3) is 4.30. The van der Waals surface area contributed by atoms with Gasteiger partial charge in [0.2, 0.25) is 5.91 Å². The maximum absolute atomic E-state index is 13.4. The molecule has 29 heavy (non-hydrogen) atoms. The highest BCUT2D eigenvalue weighted by atomic mass is 16.5. The summed E-state index contributed by atoms with van der Waals surface area (Å²) in [5.41, 5.74) is 0.656. The highest BCUT2D eigenvalue weighted by Crippen LogP contribution is 2.50. The van der Waals surface area contributed by atoms with Gasteiger partial charge in [0.25, 0.3) is 0 Å². The van der Waals surface area contributed by atoms with E-state index in [2.05, 4.69) is 4.90 Å². The van der Waals surface area contributed by atoms with E-state index in [-0.39, 0.29) is 23.0 Å². The average Bonchev–Trinajstić information content (AvgIpc) is 3.56. The van der Waals surface area contributed by atoms with E-state index in [4.69, 9.17) is 18.9 Å². The highest BCUT2D eigenvalue weighted by Gasteiger charge is 2.54. The van der Waals surface area contributed by atoms with Crippen LogP contribution in [0.3, 0.4) is 0 Å². The van der Waals surface area contributed by atoms with Gasteiger partial charge in [-0.1, -0.05) is 12.1 Å². The van der Waals surface area contributed by atoms with Crippen molar-refractivity contribution in [3.8, 4) is 5.75 Å². The monoisotopic (exact) mass is 403 g/mol. The minimum atomic E-state index is -0.323. The second kappa shape index (κ2) is 8.62. The maximum Gasteiger partial charge on any atom is 0.233 e. The van der Waals surface area contributed by atoms with Crippen LogP contribution in [0.1, 0.15) is 44.1 Å². The Morgan fingerprint density at radius 2 is 1.83 bits per heavy atom. The number of methoxy groups -OCH3 is 2. The van der Waals surface area contributed by atoms with Crippen molar-refractivity contribution in [2.45, 2.75) is 55.6 Å². The molecule has 0 radical (unpaired) electrons. The summed E-state index contributed by atoms with van der Waals surface area (Å²) in [5.74, 6) is 1.11. The normalized spacial score (nSPS) is 25.0. The number of benzene rings is 1. The molecule has 1 aromatic carbocycles. The Hall–Kier alpha value is -1.63. The number of carbonyl (C=O) groups excluding carboxylic acids is 1. The molecule has 1 amide bonds. The SMILES string of the molecule is COCCOC1CCOC2(CCN(C(=O)C3(c4ccc(OC)cc4)CC3)CC2)C1. The molecule has 6 nitrogen and oxygen atoms in total. The molecule has 3 aliphatic rings. The Morgan fingerprint density at radius 1 is 1.10 bits per heavy atom. The molecule has 2 saturated heterocycles. The largest absolute Gasteiger partial charge is 0.497 e. The van der Waals surface area contributed by atoms with Crippen LogP contribution >= 0.6 is 0 Å². The Morgan fingerprint density at radius 3 is 2.45 bits per heavy atom. The molecular weight excluding hydrogens is 370 g/mol. The lowest BCUT2D eigenvalue weighted by molar-refractivity contribution is -0.163. The molecule has 3 fully saturated rings. The number of ether oxygens (including phenoxy) is 4. The van der Waals surface area contributed by atoms with Gasteiger partial charge in [-0.2, -0.15) is 0 Å². The molecule has 4 rings (SSSR count). The van der Waals surface area contributed by atoms with Crippen molar-refractivity contribution in [1.82, 2.24) is 4.90 Å². The van der Waals surface area contributed by atoms with Gasteiger partial charge in [-0.05, 0) is 49.8 Å².